The molecule has 0 fully saturated rings. The summed E-state index contributed by atoms with van der Waals surface area (Å²) in [6.45, 7) is 4.04. The predicted molar refractivity (Wildman–Crippen MR) is 79.6 cm³/mol. The van der Waals surface area contributed by atoms with Crippen LogP contribution in [0.25, 0.3) is 0 Å². The van der Waals surface area contributed by atoms with Gasteiger partial charge >= 0.3 is 0 Å². The van der Waals surface area contributed by atoms with Gasteiger partial charge in [0, 0.05) is 18.0 Å². The molecule has 0 atom stereocenters. The van der Waals surface area contributed by atoms with E-state index in [1.807, 2.05) is 13.0 Å². The van der Waals surface area contributed by atoms with Crippen LogP contribution in [-0.4, -0.2) is 15.0 Å². The van der Waals surface area contributed by atoms with Crippen molar-refractivity contribution in [3.05, 3.63) is 44.4 Å². The van der Waals surface area contributed by atoms with Crippen LogP contribution in [0.4, 0.5) is 0 Å². The standard InChI is InChI=1S/C13H14BrN3OS/c1-3-4-9-6-11(18)17-13(16-9)19-12-10(14)5-8(2)7-15-12/h5-7H,3-4H2,1-2H3,(H,16,17,18). The second-order valence-corrected chi connectivity index (χ2v) is 6.03. The summed E-state index contributed by atoms with van der Waals surface area (Å²) < 4.78 is 0.904. The Bertz CT molecular complexity index is 642. The van der Waals surface area contributed by atoms with Crippen LogP contribution in [0.1, 0.15) is 24.6 Å². The highest BCUT2D eigenvalue weighted by atomic mass is 79.9. The van der Waals surface area contributed by atoms with Crippen molar-refractivity contribution in [2.24, 2.45) is 0 Å². The van der Waals surface area contributed by atoms with Crippen LogP contribution in [-0.2, 0) is 6.42 Å². The van der Waals surface area contributed by atoms with Crippen molar-refractivity contribution in [2.75, 3.05) is 0 Å². The van der Waals surface area contributed by atoms with Gasteiger partial charge in [-0.1, -0.05) is 13.3 Å². The number of halogens is 1. The number of rotatable bonds is 4. The quantitative estimate of drug-likeness (QED) is 0.868. The lowest BCUT2D eigenvalue weighted by Crippen LogP contribution is -2.10. The van der Waals surface area contributed by atoms with Gasteiger partial charge in [0.1, 0.15) is 5.03 Å². The Kier molecular flexibility index (Phi) is 4.76. The third kappa shape index (κ3) is 3.91. The molecule has 0 saturated carbocycles. The number of hydrogen-bond acceptors (Lipinski definition) is 4. The molecule has 1 N–H and O–H groups in total. The molecule has 2 aromatic heterocycles. The zero-order valence-electron chi connectivity index (χ0n) is 10.7. The zero-order chi connectivity index (χ0) is 13.8. The molecule has 4 nitrogen and oxygen atoms in total. The van der Waals surface area contributed by atoms with Crippen molar-refractivity contribution < 1.29 is 0 Å². The van der Waals surface area contributed by atoms with Gasteiger partial charge in [-0.25, -0.2) is 9.97 Å². The summed E-state index contributed by atoms with van der Waals surface area (Å²) in [4.78, 5) is 23.1. The summed E-state index contributed by atoms with van der Waals surface area (Å²) >= 11 is 4.82. The molecule has 0 aromatic carbocycles. The van der Waals surface area contributed by atoms with Gasteiger partial charge in [-0.3, -0.25) is 4.79 Å². The van der Waals surface area contributed by atoms with Crippen LogP contribution in [0, 0.1) is 6.92 Å². The molecule has 2 heterocycles. The largest absolute Gasteiger partial charge is 0.301 e. The van der Waals surface area contributed by atoms with Crippen molar-refractivity contribution in [3.63, 3.8) is 0 Å². The summed E-state index contributed by atoms with van der Waals surface area (Å²) in [6.07, 6.45) is 3.56. The second kappa shape index (κ2) is 6.34. The minimum atomic E-state index is -0.121. The van der Waals surface area contributed by atoms with Gasteiger partial charge in [-0.2, -0.15) is 0 Å². The van der Waals surface area contributed by atoms with Crippen LogP contribution >= 0.6 is 27.7 Å². The Morgan fingerprint density at radius 3 is 2.89 bits per heavy atom. The van der Waals surface area contributed by atoms with Crippen molar-refractivity contribution in [2.45, 2.75) is 36.9 Å². The highest BCUT2D eigenvalue weighted by Gasteiger charge is 2.08. The Hall–Kier alpha value is -1.14. The lowest BCUT2D eigenvalue weighted by molar-refractivity contribution is 0.814. The van der Waals surface area contributed by atoms with Gasteiger partial charge in [0.2, 0.25) is 0 Å². The van der Waals surface area contributed by atoms with E-state index in [0.29, 0.717) is 5.16 Å². The van der Waals surface area contributed by atoms with Gasteiger partial charge < -0.3 is 4.98 Å². The molecule has 19 heavy (non-hydrogen) atoms. The van der Waals surface area contributed by atoms with Gasteiger partial charge in [-0.15, -0.1) is 0 Å². The highest BCUT2D eigenvalue weighted by Crippen LogP contribution is 2.29. The van der Waals surface area contributed by atoms with E-state index in [-0.39, 0.29) is 5.56 Å². The van der Waals surface area contributed by atoms with E-state index in [1.54, 1.807) is 12.3 Å². The molecule has 0 spiro atoms. The second-order valence-electron chi connectivity index (χ2n) is 4.19. The van der Waals surface area contributed by atoms with E-state index in [1.165, 1.54) is 11.8 Å². The lowest BCUT2D eigenvalue weighted by Gasteiger charge is -2.05. The van der Waals surface area contributed by atoms with Crippen LogP contribution < -0.4 is 5.56 Å². The van der Waals surface area contributed by atoms with Crippen molar-refractivity contribution >= 4 is 27.7 Å². The van der Waals surface area contributed by atoms with Crippen LogP contribution in [0.2, 0.25) is 0 Å². The van der Waals surface area contributed by atoms with Crippen LogP contribution in [0.3, 0.4) is 0 Å². The van der Waals surface area contributed by atoms with E-state index >= 15 is 0 Å². The average molecular weight is 340 g/mol. The number of H-pyrrole nitrogens is 1. The maximum absolute atomic E-state index is 11.6. The first-order valence-electron chi connectivity index (χ1n) is 5.98. The minimum absolute atomic E-state index is 0.121. The van der Waals surface area contributed by atoms with E-state index < -0.39 is 0 Å². The molecule has 6 heteroatoms. The molecule has 0 bridgehead atoms. The molecule has 0 aliphatic rings. The van der Waals surface area contributed by atoms with Crippen molar-refractivity contribution in [3.8, 4) is 0 Å². The number of nitrogens with one attached hydrogen (secondary N) is 1. The summed E-state index contributed by atoms with van der Waals surface area (Å²) in [5, 5.41) is 1.37. The van der Waals surface area contributed by atoms with Gasteiger partial charge in [0.05, 0.1) is 4.47 Å². The molecule has 0 aliphatic heterocycles. The van der Waals surface area contributed by atoms with Gasteiger partial charge in [-0.05, 0) is 52.7 Å². The van der Waals surface area contributed by atoms with E-state index in [2.05, 4.69) is 37.8 Å². The first kappa shape index (κ1) is 14.3. The molecule has 100 valence electrons. The first-order chi connectivity index (χ1) is 9.08. The fourth-order valence-corrected chi connectivity index (χ4v) is 3.07. The fourth-order valence-electron chi connectivity index (χ4n) is 1.60. The minimum Gasteiger partial charge on any atom is -0.301 e. The molecule has 0 saturated heterocycles. The molecule has 0 amide bonds. The molecule has 0 radical (unpaired) electrons. The maximum Gasteiger partial charge on any atom is 0.251 e. The van der Waals surface area contributed by atoms with Crippen molar-refractivity contribution in [1.29, 1.82) is 0 Å². The summed E-state index contributed by atoms with van der Waals surface area (Å²) in [6, 6.07) is 3.54. The lowest BCUT2D eigenvalue weighted by atomic mass is 10.2. The SMILES string of the molecule is CCCc1cc(=O)[nH]c(Sc2ncc(C)cc2Br)n1. The number of pyridine rings is 1. The topological polar surface area (TPSA) is 58.6 Å². The normalized spacial score (nSPS) is 10.7. The summed E-state index contributed by atoms with van der Waals surface area (Å²) in [7, 11) is 0. The Morgan fingerprint density at radius 2 is 2.21 bits per heavy atom. The molecular formula is C13H14BrN3OS. The Balaban J connectivity index is 2.30. The smallest absolute Gasteiger partial charge is 0.251 e. The number of aryl methyl sites for hydroxylation is 2. The Morgan fingerprint density at radius 1 is 1.42 bits per heavy atom. The number of aromatic nitrogens is 3. The molecule has 2 rings (SSSR count). The van der Waals surface area contributed by atoms with Crippen molar-refractivity contribution in [1.82, 2.24) is 15.0 Å². The molecular weight excluding hydrogens is 326 g/mol. The average Bonchev–Trinajstić information content (AvgIpc) is 2.32. The maximum atomic E-state index is 11.6. The van der Waals surface area contributed by atoms with Crippen LogP contribution in [0.5, 0.6) is 0 Å². The highest BCUT2D eigenvalue weighted by molar-refractivity contribution is 9.10. The van der Waals surface area contributed by atoms with E-state index in [4.69, 9.17) is 0 Å². The molecule has 0 unspecified atom stereocenters. The van der Waals surface area contributed by atoms with Crippen LogP contribution in [0.15, 0.2) is 37.8 Å². The predicted octanol–water partition coefficient (Wildman–Crippen LogP) is 3.34. The third-order valence-corrected chi connectivity index (χ3v) is 4.19. The summed E-state index contributed by atoms with van der Waals surface area (Å²) in [5.41, 5.74) is 1.78. The Labute approximate surface area is 124 Å². The molecule has 2 aromatic rings. The number of aromatic amines is 1. The molecule has 0 aliphatic carbocycles. The number of hydrogen-bond donors (Lipinski definition) is 1. The zero-order valence-corrected chi connectivity index (χ0v) is 13.1. The van der Waals surface area contributed by atoms with E-state index in [0.717, 1.165) is 33.6 Å². The number of nitrogens with zero attached hydrogens (tertiary/aromatic N) is 2. The summed E-state index contributed by atoms with van der Waals surface area (Å²) in [5.74, 6) is 0. The first-order valence-corrected chi connectivity index (χ1v) is 7.59. The fraction of sp³-hybridized carbons (Fsp3) is 0.308. The third-order valence-electron chi connectivity index (χ3n) is 2.42. The van der Waals surface area contributed by atoms with Gasteiger partial charge in [0.15, 0.2) is 5.16 Å². The monoisotopic (exact) mass is 339 g/mol. The van der Waals surface area contributed by atoms with Gasteiger partial charge in [0.25, 0.3) is 5.56 Å². The van der Waals surface area contributed by atoms with E-state index in [9.17, 15) is 4.79 Å².